The molecule has 1 fully saturated rings. The van der Waals surface area contributed by atoms with Gasteiger partial charge in [0.1, 0.15) is 6.29 Å². The van der Waals surface area contributed by atoms with Crippen LogP contribution in [-0.2, 0) is 13.6 Å². The first-order chi connectivity index (χ1) is 15.6. The van der Waals surface area contributed by atoms with Gasteiger partial charge in [0.15, 0.2) is 0 Å². The van der Waals surface area contributed by atoms with E-state index in [0.29, 0.717) is 22.4 Å². The zero-order valence-electron chi connectivity index (χ0n) is 18.0. The van der Waals surface area contributed by atoms with Gasteiger partial charge in [-0.05, 0) is 48.7 Å². The Labute approximate surface area is 187 Å². The van der Waals surface area contributed by atoms with Gasteiger partial charge in [-0.1, -0.05) is 5.92 Å². The molecule has 0 unspecified atom stereocenters. The second kappa shape index (κ2) is 9.58. The van der Waals surface area contributed by atoms with Crippen molar-refractivity contribution in [1.29, 1.82) is 0 Å². The average Bonchev–Trinajstić information content (AvgIpc) is 3.26. The minimum absolute atomic E-state index is 0.100. The number of aldehydes is 1. The molecule has 0 radical (unpaired) electrons. The number of terminal acetylenes is 1. The molecule has 1 aliphatic heterocycles. The number of likely N-dealkylation sites (tertiary alicyclic amines) is 1. The number of aryl methyl sites for hydroxylation is 1. The summed E-state index contributed by atoms with van der Waals surface area (Å²) in [5.41, 5.74) is 4.34. The lowest BCUT2D eigenvalue weighted by Crippen LogP contribution is -2.44. The van der Waals surface area contributed by atoms with Crippen LogP contribution >= 0.6 is 0 Å². The predicted octanol–water partition coefficient (Wildman–Crippen LogP) is 2.67. The number of amides is 1. The molecular weight excluding hydrogens is 402 g/mol. The summed E-state index contributed by atoms with van der Waals surface area (Å²) in [6, 6.07) is 9.21. The van der Waals surface area contributed by atoms with Crippen molar-refractivity contribution >= 4 is 12.2 Å². The molecule has 3 aromatic rings. The van der Waals surface area contributed by atoms with Crippen molar-refractivity contribution in [2.24, 2.45) is 7.05 Å². The van der Waals surface area contributed by atoms with Gasteiger partial charge in [0.2, 0.25) is 0 Å². The minimum atomic E-state index is -0.118. The SMILES string of the molecule is C#Cc1cc(C=O)cc(CN2CCC(NC(=O)c3cccnc3-c3cnn(C)c3)CC2)c1. The fourth-order valence-electron chi connectivity index (χ4n) is 4.08. The molecule has 32 heavy (non-hydrogen) atoms. The van der Waals surface area contributed by atoms with E-state index in [1.54, 1.807) is 35.3 Å². The monoisotopic (exact) mass is 427 g/mol. The summed E-state index contributed by atoms with van der Waals surface area (Å²) in [6.07, 6.45) is 13.3. The predicted molar refractivity (Wildman–Crippen MR) is 122 cm³/mol. The van der Waals surface area contributed by atoms with Crippen LogP contribution in [0.15, 0.2) is 48.9 Å². The Morgan fingerprint density at radius 3 is 2.81 bits per heavy atom. The average molecular weight is 428 g/mol. The quantitative estimate of drug-likeness (QED) is 0.483. The molecule has 1 N–H and O–H groups in total. The Kier molecular flexibility index (Phi) is 6.43. The highest BCUT2D eigenvalue weighted by Gasteiger charge is 2.23. The Hall–Kier alpha value is -3.76. The molecule has 1 aromatic carbocycles. The summed E-state index contributed by atoms with van der Waals surface area (Å²) < 4.78 is 1.69. The number of rotatable bonds is 6. The van der Waals surface area contributed by atoms with Gasteiger partial charge in [-0.15, -0.1) is 6.42 Å². The fraction of sp³-hybridized carbons (Fsp3) is 0.280. The maximum Gasteiger partial charge on any atom is 0.253 e. The van der Waals surface area contributed by atoms with Gasteiger partial charge in [0, 0.05) is 61.8 Å². The van der Waals surface area contributed by atoms with Crippen molar-refractivity contribution in [2.75, 3.05) is 13.1 Å². The van der Waals surface area contributed by atoms with Crippen LogP contribution < -0.4 is 5.32 Å². The lowest BCUT2D eigenvalue weighted by molar-refractivity contribution is 0.0909. The topological polar surface area (TPSA) is 80.1 Å². The lowest BCUT2D eigenvalue weighted by atomic mass is 10.0. The second-order valence-corrected chi connectivity index (χ2v) is 8.05. The maximum absolute atomic E-state index is 13.0. The number of hydrogen-bond acceptors (Lipinski definition) is 5. The molecule has 0 aliphatic carbocycles. The highest BCUT2D eigenvalue weighted by molar-refractivity contribution is 5.99. The molecule has 162 valence electrons. The summed E-state index contributed by atoms with van der Waals surface area (Å²) in [5, 5.41) is 7.35. The van der Waals surface area contributed by atoms with Crippen molar-refractivity contribution in [3.05, 3.63) is 71.2 Å². The number of hydrogen-bond donors (Lipinski definition) is 1. The summed E-state index contributed by atoms with van der Waals surface area (Å²) in [5.74, 6) is 2.49. The van der Waals surface area contributed by atoms with Crippen molar-refractivity contribution in [3.63, 3.8) is 0 Å². The smallest absolute Gasteiger partial charge is 0.253 e. The van der Waals surface area contributed by atoms with E-state index in [4.69, 9.17) is 6.42 Å². The van der Waals surface area contributed by atoms with Gasteiger partial charge in [-0.25, -0.2) is 0 Å². The highest BCUT2D eigenvalue weighted by atomic mass is 16.1. The van der Waals surface area contributed by atoms with Crippen molar-refractivity contribution in [3.8, 4) is 23.6 Å². The van der Waals surface area contributed by atoms with Gasteiger partial charge < -0.3 is 5.32 Å². The van der Waals surface area contributed by atoms with Crippen LogP contribution in [0.1, 0.15) is 44.7 Å². The summed E-state index contributed by atoms with van der Waals surface area (Å²) >= 11 is 0. The molecule has 7 heteroatoms. The number of carbonyl (C=O) groups excluding carboxylic acids is 2. The molecule has 0 atom stereocenters. The number of benzene rings is 1. The van der Waals surface area contributed by atoms with Crippen LogP contribution in [0.2, 0.25) is 0 Å². The van der Waals surface area contributed by atoms with Crippen LogP contribution in [0.5, 0.6) is 0 Å². The second-order valence-electron chi connectivity index (χ2n) is 8.05. The first-order valence-electron chi connectivity index (χ1n) is 10.6. The van der Waals surface area contributed by atoms with E-state index in [1.807, 2.05) is 25.4 Å². The summed E-state index contributed by atoms with van der Waals surface area (Å²) in [7, 11) is 1.84. The van der Waals surface area contributed by atoms with Crippen molar-refractivity contribution < 1.29 is 9.59 Å². The molecular formula is C25H25N5O2. The van der Waals surface area contributed by atoms with Gasteiger partial charge in [0.05, 0.1) is 17.5 Å². The first-order valence-corrected chi connectivity index (χ1v) is 10.6. The zero-order chi connectivity index (χ0) is 22.5. The Bertz CT molecular complexity index is 1170. The maximum atomic E-state index is 13.0. The molecule has 3 heterocycles. The molecule has 2 aromatic heterocycles. The third-order valence-electron chi connectivity index (χ3n) is 5.68. The molecule has 1 aliphatic rings. The summed E-state index contributed by atoms with van der Waals surface area (Å²) in [4.78, 5) is 30.9. The molecule has 0 bridgehead atoms. The molecule has 7 nitrogen and oxygen atoms in total. The lowest BCUT2D eigenvalue weighted by Gasteiger charge is -2.32. The third kappa shape index (κ3) is 4.93. The van der Waals surface area contributed by atoms with E-state index in [-0.39, 0.29) is 11.9 Å². The highest BCUT2D eigenvalue weighted by Crippen LogP contribution is 2.21. The third-order valence-corrected chi connectivity index (χ3v) is 5.68. The molecule has 0 saturated carbocycles. The van der Waals surface area contributed by atoms with E-state index in [0.717, 1.165) is 49.9 Å². The van der Waals surface area contributed by atoms with Crippen LogP contribution in [0, 0.1) is 12.3 Å². The van der Waals surface area contributed by atoms with E-state index < -0.39 is 0 Å². The molecule has 4 rings (SSSR count). The largest absolute Gasteiger partial charge is 0.349 e. The number of pyridine rings is 1. The van der Waals surface area contributed by atoms with E-state index in [9.17, 15) is 9.59 Å². The van der Waals surface area contributed by atoms with Gasteiger partial charge in [-0.2, -0.15) is 5.10 Å². The normalized spacial score (nSPS) is 14.6. The van der Waals surface area contributed by atoms with Crippen LogP contribution in [0.4, 0.5) is 0 Å². The molecule has 1 saturated heterocycles. The van der Waals surface area contributed by atoms with Gasteiger partial charge in [-0.3, -0.25) is 24.2 Å². The van der Waals surface area contributed by atoms with Crippen LogP contribution in [0.3, 0.4) is 0 Å². The number of nitrogens with one attached hydrogen (secondary N) is 1. The van der Waals surface area contributed by atoms with E-state index >= 15 is 0 Å². The number of aromatic nitrogens is 3. The minimum Gasteiger partial charge on any atom is -0.349 e. The van der Waals surface area contributed by atoms with Gasteiger partial charge >= 0.3 is 0 Å². The fourth-order valence-corrected chi connectivity index (χ4v) is 4.08. The Balaban J connectivity index is 1.37. The van der Waals surface area contributed by atoms with Gasteiger partial charge in [0.25, 0.3) is 5.91 Å². The Morgan fingerprint density at radius 1 is 1.31 bits per heavy atom. The summed E-state index contributed by atoms with van der Waals surface area (Å²) in [6.45, 7) is 2.43. The number of piperidine rings is 1. The van der Waals surface area contributed by atoms with Crippen molar-refractivity contribution in [2.45, 2.75) is 25.4 Å². The van der Waals surface area contributed by atoms with E-state index in [2.05, 4.69) is 26.2 Å². The number of nitrogens with zero attached hydrogens (tertiary/aromatic N) is 4. The zero-order valence-corrected chi connectivity index (χ0v) is 18.0. The first kappa shape index (κ1) is 21.5. The number of carbonyl (C=O) groups is 2. The molecule has 0 spiro atoms. The van der Waals surface area contributed by atoms with E-state index in [1.165, 1.54) is 0 Å². The molecule has 1 amide bonds. The Morgan fingerprint density at radius 2 is 2.12 bits per heavy atom. The van der Waals surface area contributed by atoms with Crippen molar-refractivity contribution in [1.82, 2.24) is 25.0 Å². The van der Waals surface area contributed by atoms with Crippen LogP contribution in [0.25, 0.3) is 11.3 Å². The standard InChI is InChI=1S/C25H25N5O2/c1-3-18-11-19(13-20(12-18)17-31)15-30-9-6-22(7-10-30)28-25(32)23-5-4-8-26-24(23)21-14-27-29(2)16-21/h1,4-5,8,11-14,16-17,22H,6-7,9-10,15H2,2H3,(H,28,32). The van der Waals surface area contributed by atoms with Crippen LogP contribution in [-0.4, -0.2) is 51.0 Å².